The van der Waals surface area contributed by atoms with Crippen LogP contribution in [0.25, 0.3) is 5.69 Å². The molecule has 0 saturated heterocycles. The fourth-order valence-corrected chi connectivity index (χ4v) is 2.13. The average molecular weight is 324 g/mol. The van der Waals surface area contributed by atoms with Crippen molar-refractivity contribution in [3.63, 3.8) is 0 Å². The van der Waals surface area contributed by atoms with Crippen molar-refractivity contribution >= 4 is 17.5 Å². The lowest BCUT2D eigenvalue weighted by atomic mass is 10.3. The smallest absolute Gasteiger partial charge is 0.271 e. The normalized spacial score (nSPS) is 10.7. The SMILES string of the molecule is Cc1cc(C(=O)NCCOCCO)nn1-c1cccc(Cl)c1. The third-order valence-corrected chi connectivity index (χ3v) is 3.18. The highest BCUT2D eigenvalue weighted by Gasteiger charge is 2.13. The maximum absolute atomic E-state index is 12.0. The molecule has 1 aromatic carbocycles. The maximum Gasteiger partial charge on any atom is 0.271 e. The molecule has 0 bridgehead atoms. The van der Waals surface area contributed by atoms with E-state index in [1.54, 1.807) is 22.9 Å². The number of ether oxygens (including phenoxy) is 1. The molecule has 0 fully saturated rings. The van der Waals surface area contributed by atoms with Crippen molar-refractivity contribution < 1.29 is 14.6 Å². The topological polar surface area (TPSA) is 76.4 Å². The number of halogens is 1. The molecular formula is C15H18ClN3O3. The Morgan fingerprint density at radius 2 is 2.23 bits per heavy atom. The summed E-state index contributed by atoms with van der Waals surface area (Å²) in [5.41, 5.74) is 1.97. The third-order valence-electron chi connectivity index (χ3n) is 2.94. The zero-order valence-electron chi connectivity index (χ0n) is 12.3. The largest absolute Gasteiger partial charge is 0.394 e. The van der Waals surface area contributed by atoms with Crippen LogP contribution in [0, 0.1) is 6.92 Å². The minimum absolute atomic E-state index is 0.0306. The number of carbonyl (C=O) groups is 1. The first-order valence-corrected chi connectivity index (χ1v) is 7.29. The van der Waals surface area contributed by atoms with E-state index in [-0.39, 0.29) is 19.1 Å². The summed E-state index contributed by atoms with van der Waals surface area (Å²) in [6.45, 7) is 2.81. The van der Waals surface area contributed by atoms with Gasteiger partial charge in [-0.2, -0.15) is 5.10 Å². The molecule has 0 aliphatic rings. The first-order chi connectivity index (χ1) is 10.6. The number of aliphatic hydroxyl groups excluding tert-OH is 1. The van der Waals surface area contributed by atoms with Crippen LogP contribution in [0.3, 0.4) is 0 Å². The number of hydrogen-bond donors (Lipinski definition) is 2. The zero-order chi connectivity index (χ0) is 15.9. The second kappa shape index (κ2) is 7.93. The van der Waals surface area contributed by atoms with Gasteiger partial charge in [0, 0.05) is 17.3 Å². The van der Waals surface area contributed by atoms with E-state index in [2.05, 4.69) is 10.4 Å². The van der Waals surface area contributed by atoms with Crippen molar-refractivity contribution in [1.29, 1.82) is 0 Å². The summed E-state index contributed by atoms with van der Waals surface area (Å²) in [7, 11) is 0. The Morgan fingerprint density at radius 1 is 1.41 bits per heavy atom. The molecule has 0 radical (unpaired) electrons. The van der Waals surface area contributed by atoms with Crippen LogP contribution in [0.4, 0.5) is 0 Å². The molecule has 0 spiro atoms. The van der Waals surface area contributed by atoms with E-state index in [0.717, 1.165) is 11.4 Å². The van der Waals surface area contributed by atoms with Gasteiger partial charge in [-0.3, -0.25) is 4.79 Å². The Bertz CT molecular complexity index is 643. The monoisotopic (exact) mass is 323 g/mol. The van der Waals surface area contributed by atoms with E-state index < -0.39 is 0 Å². The first-order valence-electron chi connectivity index (χ1n) is 6.91. The minimum atomic E-state index is -0.267. The highest BCUT2D eigenvalue weighted by Crippen LogP contribution is 2.16. The van der Waals surface area contributed by atoms with Crippen LogP contribution in [-0.4, -0.2) is 47.2 Å². The number of aromatic nitrogens is 2. The Hall–Kier alpha value is -1.89. The van der Waals surface area contributed by atoms with Gasteiger partial charge in [-0.05, 0) is 31.2 Å². The van der Waals surface area contributed by atoms with Crippen LogP contribution in [0.5, 0.6) is 0 Å². The van der Waals surface area contributed by atoms with Gasteiger partial charge in [-0.15, -0.1) is 0 Å². The Morgan fingerprint density at radius 3 is 2.95 bits per heavy atom. The number of benzene rings is 1. The van der Waals surface area contributed by atoms with Gasteiger partial charge >= 0.3 is 0 Å². The molecule has 22 heavy (non-hydrogen) atoms. The Balaban J connectivity index is 2.01. The second-order valence-electron chi connectivity index (χ2n) is 4.65. The van der Waals surface area contributed by atoms with Crippen molar-refractivity contribution in [2.24, 2.45) is 0 Å². The van der Waals surface area contributed by atoms with Gasteiger partial charge in [0.15, 0.2) is 5.69 Å². The first kappa shape index (κ1) is 16.5. The molecule has 6 nitrogen and oxygen atoms in total. The van der Waals surface area contributed by atoms with E-state index in [0.29, 0.717) is 23.9 Å². The van der Waals surface area contributed by atoms with E-state index in [1.807, 2.05) is 19.1 Å². The lowest BCUT2D eigenvalue weighted by molar-refractivity contribution is 0.0835. The van der Waals surface area contributed by atoms with E-state index in [9.17, 15) is 4.79 Å². The highest BCUT2D eigenvalue weighted by molar-refractivity contribution is 6.30. The van der Waals surface area contributed by atoms with Gasteiger partial charge in [0.05, 0.1) is 25.5 Å². The average Bonchev–Trinajstić information content (AvgIpc) is 2.89. The molecule has 1 amide bonds. The zero-order valence-corrected chi connectivity index (χ0v) is 13.0. The van der Waals surface area contributed by atoms with E-state index in [1.165, 1.54) is 0 Å². The van der Waals surface area contributed by atoms with Crippen molar-refractivity contribution in [3.05, 3.63) is 46.7 Å². The number of amides is 1. The van der Waals surface area contributed by atoms with Gasteiger partial charge in [0.25, 0.3) is 5.91 Å². The molecule has 0 aliphatic heterocycles. The van der Waals surface area contributed by atoms with Gasteiger partial charge in [-0.1, -0.05) is 17.7 Å². The molecule has 1 heterocycles. The van der Waals surface area contributed by atoms with E-state index >= 15 is 0 Å². The highest BCUT2D eigenvalue weighted by atomic mass is 35.5. The molecule has 2 aromatic rings. The van der Waals surface area contributed by atoms with Gasteiger partial charge < -0.3 is 15.2 Å². The predicted molar refractivity (Wildman–Crippen MR) is 83.5 cm³/mol. The van der Waals surface area contributed by atoms with Crippen LogP contribution < -0.4 is 5.32 Å². The summed E-state index contributed by atoms with van der Waals surface area (Å²) in [5, 5.41) is 16.2. The molecule has 0 unspecified atom stereocenters. The summed E-state index contributed by atoms with van der Waals surface area (Å²) in [4.78, 5) is 12.0. The van der Waals surface area contributed by atoms with E-state index in [4.69, 9.17) is 21.4 Å². The predicted octanol–water partition coefficient (Wildman–Crippen LogP) is 1.57. The van der Waals surface area contributed by atoms with Gasteiger partial charge in [0.2, 0.25) is 0 Å². The standard InChI is InChI=1S/C15H18ClN3O3/c1-11-9-14(15(21)17-5-7-22-8-6-20)18-19(11)13-4-2-3-12(16)10-13/h2-4,9-10,20H,5-8H2,1H3,(H,17,21). The summed E-state index contributed by atoms with van der Waals surface area (Å²) in [6.07, 6.45) is 0. The van der Waals surface area contributed by atoms with Crippen LogP contribution >= 0.6 is 11.6 Å². The molecule has 7 heteroatoms. The van der Waals surface area contributed by atoms with Crippen molar-refractivity contribution in [3.8, 4) is 5.69 Å². The molecule has 118 valence electrons. The Labute approximate surface area is 133 Å². The summed E-state index contributed by atoms with van der Waals surface area (Å²) < 4.78 is 6.75. The van der Waals surface area contributed by atoms with Crippen molar-refractivity contribution in [2.75, 3.05) is 26.4 Å². The number of aryl methyl sites for hydroxylation is 1. The summed E-state index contributed by atoms with van der Waals surface area (Å²) >= 11 is 5.97. The van der Waals surface area contributed by atoms with Crippen LogP contribution in [-0.2, 0) is 4.74 Å². The lowest BCUT2D eigenvalue weighted by Crippen LogP contribution is -2.28. The van der Waals surface area contributed by atoms with Crippen molar-refractivity contribution in [2.45, 2.75) is 6.92 Å². The molecule has 0 atom stereocenters. The fourth-order valence-electron chi connectivity index (χ4n) is 1.95. The second-order valence-corrected chi connectivity index (χ2v) is 5.09. The van der Waals surface area contributed by atoms with Gasteiger partial charge in [0.1, 0.15) is 0 Å². The van der Waals surface area contributed by atoms with Crippen molar-refractivity contribution in [1.82, 2.24) is 15.1 Å². The third kappa shape index (κ3) is 4.30. The molecule has 0 aliphatic carbocycles. The Kier molecular flexibility index (Phi) is 5.94. The minimum Gasteiger partial charge on any atom is -0.394 e. The number of rotatable bonds is 7. The molecular weight excluding hydrogens is 306 g/mol. The number of nitrogens with zero attached hydrogens (tertiary/aromatic N) is 2. The number of hydrogen-bond acceptors (Lipinski definition) is 4. The lowest BCUT2D eigenvalue weighted by Gasteiger charge is -2.05. The van der Waals surface area contributed by atoms with Crippen LogP contribution in [0.2, 0.25) is 5.02 Å². The van der Waals surface area contributed by atoms with Gasteiger partial charge in [-0.25, -0.2) is 4.68 Å². The molecule has 0 saturated carbocycles. The molecule has 2 N–H and O–H groups in total. The summed E-state index contributed by atoms with van der Waals surface area (Å²) in [6, 6.07) is 8.98. The molecule has 2 rings (SSSR count). The summed E-state index contributed by atoms with van der Waals surface area (Å²) in [5.74, 6) is -0.267. The van der Waals surface area contributed by atoms with Crippen LogP contribution in [0.15, 0.2) is 30.3 Å². The fraction of sp³-hybridized carbons (Fsp3) is 0.333. The number of carbonyl (C=O) groups excluding carboxylic acids is 1. The number of nitrogens with one attached hydrogen (secondary N) is 1. The number of aliphatic hydroxyl groups is 1. The maximum atomic E-state index is 12.0. The quantitative estimate of drug-likeness (QED) is 0.758. The van der Waals surface area contributed by atoms with Crippen LogP contribution in [0.1, 0.15) is 16.2 Å². The molecule has 1 aromatic heterocycles.